The zero-order chi connectivity index (χ0) is 10.9. The summed E-state index contributed by atoms with van der Waals surface area (Å²) >= 11 is 0. The van der Waals surface area contributed by atoms with Gasteiger partial charge in [0.05, 0.1) is 5.56 Å². The Morgan fingerprint density at radius 3 is 2.14 bits per heavy atom. The third kappa shape index (κ3) is 2.08. The quantitative estimate of drug-likeness (QED) is 0.642. The average Bonchev–Trinajstić information content (AvgIpc) is 2.01. The van der Waals surface area contributed by atoms with Gasteiger partial charge in [0.25, 0.3) is 0 Å². The van der Waals surface area contributed by atoms with Crippen molar-refractivity contribution in [3.05, 3.63) is 34.9 Å². The fraction of sp³-hybridized carbons (Fsp3) is 0.455. The highest BCUT2D eigenvalue weighted by molar-refractivity contribution is 5.37. The maximum absolute atomic E-state index is 12.5. The van der Waals surface area contributed by atoms with Crippen molar-refractivity contribution >= 4 is 0 Å². The molecule has 0 bridgehead atoms. The molecule has 0 atom stereocenters. The van der Waals surface area contributed by atoms with E-state index in [2.05, 4.69) is 0 Å². The molecule has 0 heterocycles. The predicted octanol–water partition coefficient (Wildman–Crippen LogP) is 4.14. The molecule has 0 saturated heterocycles. The first-order chi connectivity index (χ1) is 6.34. The lowest BCUT2D eigenvalue weighted by Gasteiger charge is -2.15. The van der Waals surface area contributed by atoms with Crippen molar-refractivity contribution < 1.29 is 13.2 Å². The molecule has 1 aromatic carbocycles. The van der Waals surface area contributed by atoms with Crippen LogP contribution in [0.15, 0.2) is 18.2 Å². The Labute approximate surface area is 81.8 Å². The summed E-state index contributed by atoms with van der Waals surface area (Å²) in [6, 6.07) is 4.33. The number of hydrogen-bond acceptors (Lipinski definition) is 0. The van der Waals surface area contributed by atoms with Gasteiger partial charge in [-0.05, 0) is 30.0 Å². The molecule has 3 heteroatoms. The summed E-state index contributed by atoms with van der Waals surface area (Å²) in [5.74, 6) is 0.122. The van der Waals surface area contributed by atoms with Crippen LogP contribution in [0.2, 0.25) is 0 Å². The van der Waals surface area contributed by atoms with E-state index in [1.54, 1.807) is 6.07 Å². The van der Waals surface area contributed by atoms with Crippen molar-refractivity contribution in [1.82, 2.24) is 0 Å². The van der Waals surface area contributed by atoms with E-state index >= 15 is 0 Å². The normalized spacial score (nSPS) is 12.2. The molecule has 0 N–H and O–H groups in total. The predicted molar refractivity (Wildman–Crippen MR) is 50.3 cm³/mol. The summed E-state index contributed by atoms with van der Waals surface area (Å²) in [5, 5.41) is 0. The van der Waals surface area contributed by atoms with Crippen molar-refractivity contribution in [2.45, 2.75) is 32.9 Å². The smallest absolute Gasteiger partial charge is 0.166 e. The van der Waals surface area contributed by atoms with Crippen LogP contribution in [-0.4, -0.2) is 0 Å². The van der Waals surface area contributed by atoms with E-state index in [4.69, 9.17) is 0 Å². The van der Waals surface area contributed by atoms with Gasteiger partial charge in [-0.15, -0.1) is 0 Å². The largest absolute Gasteiger partial charge is 0.416 e. The molecule has 0 radical (unpaired) electrons. The average molecular weight is 202 g/mol. The van der Waals surface area contributed by atoms with Crippen molar-refractivity contribution in [1.29, 1.82) is 0 Å². The SMILES string of the molecule is Cc1c(C(C)C)cccc1C(F)(F)F. The molecular weight excluding hydrogens is 189 g/mol. The minimum Gasteiger partial charge on any atom is -0.166 e. The van der Waals surface area contributed by atoms with Gasteiger partial charge in [-0.3, -0.25) is 0 Å². The van der Waals surface area contributed by atoms with Gasteiger partial charge in [0.1, 0.15) is 0 Å². The Hall–Kier alpha value is -0.990. The maximum atomic E-state index is 12.5. The molecule has 0 nitrogen and oxygen atoms in total. The first kappa shape index (κ1) is 11.1. The highest BCUT2D eigenvalue weighted by Crippen LogP contribution is 2.34. The van der Waals surface area contributed by atoms with Gasteiger partial charge in [0.2, 0.25) is 0 Å². The van der Waals surface area contributed by atoms with Gasteiger partial charge in [-0.25, -0.2) is 0 Å². The Bertz CT molecular complexity index is 324. The Kier molecular flexibility index (Phi) is 2.88. The molecule has 1 rings (SSSR count). The van der Waals surface area contributed by atoms with Crippen LogP contribution in [0, 0.1) is 6.92 Å². The summed E-state index contributed by atoms with van der Waals surface area (Å²) in [6.45, 7) is 5.31. The number of hydrogen-bond donors (Lipinski definition) is 0. The lowest BCUT2D eigenvalue weighted by atomic mass is 9.94. The molecule has 0 saturated carbocycles. The van der Waals surface area contributed by atoms with E-state index in [1.165, 1.54) is 13.0 Å². The third-order valence-corrected chi connectivity index (χ3v) is 2.30. The zero-order valence-corrected chi connectivity index (χ0v) is 8.44. The Balaban J connectivity index is 3.28. The number of benzene rings is 1. The molecule has 0 aliphatic heterocycles. The van der Waals surface area contributed by atoms with Crippen LogP contribution in [0.25, 0.3) is 0 Å². The van der Waals surface area contributed by atoms with Crippen LogP contribution in [-0.2, 0) is 6.18 Å². The second kappa shape index (κ2) is 3.64. The van der Waals surface area contributed by atoms with Crippen molar-refractivity contribution in [3.8, 4) is 0 Å². The minimum absolute atomic E-state index is 0.122. The van der Waals surface area contributed by atoms with E-state index in [1.807, 2.05) is 13.8 Å². The second-order valence-corrected chi connectivity index (χ2v) is 3.67. The van der Waals surface area contributed by atoms with E-state index in [-0.39, 0.29) is 5.92 Å². The van der Waals surface area contributed by atoms with Gasteiger partial charge in [-0.2, -0.15) is 13.2 Å². The van der Waals surface area contributed by atoms with Crippen molar-refractivity contribution in [2.24, 2.45) is 0 Å². The Morgan fingerprint density at radius 1 is 1.14 bits per heavy atom. The molecule has 0 spiro atoms. The van der Waals surface area contributed by atoms with Crippen LogP contribution in [0.4, 0.5) is 13.2 Å². The summed E-state index contributed by atoms with van der Waals surface area (Å²) in [6.07, 6.45) is -4.24. The number of halogens is 3. The fourth-order valence-corrected chi connectivity index (χ4v) is 1.59. The van der Waals surface area contributed by atoms with Crippen molar-refractivity contribution in [3.63, 3.8) is 0 Å². The van der Waals surface area contributed by atoms with Crippen molar-refractivity contribution in [2.75, 3.05) is 0 Å². The van der Waals surface area contributed by atoms with Gasteiger partial charge in [0, 0.05) is 0 Å². The lowest BCUT2D eigenvalue weighted by Crippen LogP contribution is -2.09. The first-order valence-corrected chi connectivity index (χ1v) is 4.50. The topological polar surface area (TPSA) is 0 Å². The molecule has 0 aliphatic carbocycles. The summed E-state index contributed by atoms with van der Waals surface area (Å²) in [5.41, 5.74) is 0.582. The third-order valence-electron chi connectivity index (χ3n) is 2.30. The highest BCUT2D eigenvalue weighted by atomic mass is 19.4. The molecule has 1 aromatic rings. The maximum Gasteiger partial charge on any atom is 0.416 e. The van der Waals surface area contributed by atoms with E-state index in [9.17, 15) is 13.2 Å². The van der Waals surface area contributed by atoms with Gasteiger partial charge < -0.3 is 0 Å². The lowest BCUT2D eigenvalue weighted by molar-refractivity contribution is -0.138. The summed E-state index contributed by atoms with van der Waals surface area (Å²) in [7, 11) is 0. The van der Waals surface area contributed by atoms with Crippen LogP contribution in [0.1, 0.15) is 36.5 Å². The molecule has 0 amide bonds. The van der Waals surface area contributed by atoms with Crippen LogP contribution in [0.3, 0.4) is 0 Å². The molecule has 78 valence electrons. The van der Waals surface area contributed by atoms with Crippen LogP contribution >= 0.6 is 0 Å². The van der Waals surface area contributed by atoms with E-state index in [0.717, 1.165) is 11.6 Å². The minimum atomic E-state index is -4.24. The molecule has 0 aliphatic rings. The highest BCUT2D eigenvalue weighted by Gasteiger charge is 2.32. The second-order valence-electron chi connectivity index (χ2n) is 3.67. The standard InChI is InChI=1S/C11H13F3/c1-7(2)9-5-4-6-10(8(9)3)11(12,13)14/h4-7H,1-3H3. The van der Waals surface area contributed by atoms with E-state index < -0.39 is 11.7 Å². The number of alkyl halides is 3. The molecule has 0 unspecified atom stereocenters. The molecular formula is C11H13F3. The Morgan fingerprint density at radius 2 is 1.71 bits per heavy atom. The monoisotopic (exact) mass is 202 g/mol. The fourth-order valence-electron chi connectivity index (χ4n) is 1.59. The zero-order valence-electron chi connectivity index (χ0n) is 8.44. The van der Waals surface area contributed by atoms with E-state index in [0.29, 0.717) is 5.56 Å². The molecule has 0 fully saturated rings. The van der Waals surface area contributed by atoms with Crippen LogP contribution < -0.4 is 0 Å². The van der Waals surface area contributed by atoms with Crippen LogP contribution in [0.5, 0.6) is 0 Å². The summed E-state index contributed by atoms with van der Waals surface area (Å²) in [4.78, 5) is 0. The van der Waals surface area contributed by atoms with Gasteiger partial charge in [0.15, 0.2) is 0 Å². The van der Waals surface area contributed by atoms with Gasteiger partial charge in [-0.1, -0.05) is 26.0 Å². The molecule has 14 heavy (non-hydrogen) atoms. The summed E-state index contributed by atoms with van der Waals surface area (Å²) < 4.78 is 37.5. The number of rotatable bonds is 1. The molecule has 0 aromatic heterocycles. The van der Waals surface area contributed by atoms with Gasteiger partial charge >= 0.3 is 6.18 Å². The first-order valence-electron chi connectivity index (χ1n) is 4.50.